The third-order valence-corrected chi connectivity index (χ3v) is 4.84. The maximum absolute atomic E-state index is 12.6. The molecule has 1 amide bonds. The van der Waals surface area contributed by atoms with E-state index in [1.807, 2.05) is 25.1 Å². The lowest BCUT2D eigenvalue weighted by atomic mass is 9.79. The molecule has 2 aromatic heterocycles. The highest BCUT2D eigenvalue weighted by atomic mass is 35.5. The number of aryl methyl sites for hydroxylation is 1. The smallest absolute Gasteiger partial charge is 0.253 e. The van der Waals surface area contributed by atoms with Crippen molar-refractivity contribution < 1.29 is 13.9 Å². The zero-order chi connectivity index (χ0) is 17.7. The van der Waals surface area contributed by atoms with Crippen molar-refractivity contribution in [2.24, 2.45) is 5.41 Å². The zero-order valence-electron chi connectivity index (χ0n) is 15.6. The van der Waals surface area contributed by atoms with Gasteiger partial charge in [0.15, 0.2) is 5.76 Å². The van der Waals surface area contributed by atoms with E-state index in [2.05, 4.69) is 15.6 Å². The van der Waals surface area contributed by atoms with Gasteiger partial charge in [-0.05, 0) is 57.1 Å². The summed E-state index contributed by atoms with van der Waals surface area (Å²) in [4.78, 5) is 17.1. The van der Waals surface area contributed by atoms with E-state index in [0.717, 1.165) is 31.6 Å². The van der Waals surface area contributed by atoms with Crippen molar-refractivity contribution >= 4 is 30.7 Å². The highest BCUT2D eigenvalue weighted by Gasteiger charge is 2.32. The van der Waals surface area contributed by atoms with Gasteiger partial charge in [0, 0.05) is 19.1 Å². The SMILES string of the molecule is COCC1(CNC(=O)c2ccc(-c3ccco3)nc2C)CCNCC1.Cl.Cl. The topological polar surface area (TPSA) is 76.4 Å². The summed E-state index contributed by atoms with van der Waals surface area (Å²) in [5, 5.41) is 6.44. The number of rotatable bonds is 6. The van der Waals surface area contributed by atoms with Crippen molar-refractivity contribution in [3.63, 3.8) is 0 Å². The quantitative estimate of drug-likeness (QED) is 0.756. The lowest BCUT2D eigenvalue weighted by Crippen LogP contribution is -2.47. The van der Waals surface area contributed by atoms with Crippen LogP contribution in [0.5, 0.6) is 0 Å². The molecule has 0 radical (unpaired) electrons. The van der Waals surface area contributed by atoms with Crippen LogP contribution in [0.3, 0.4) is 0 Å². The van der Waals surface area contributed by atoms with Gasteiger partial charge in [-0.1, -0.05) is 0 Å². The Balaban J connectivity index is 0.00000182. The molecule has 0 bridgehead atoms. The molecule has 6 nitrogen and oxygen atoms in total. The van der Waals surface area contributed by atoms with Crippen LogP contribution >= 0.6 is 24.8 Å². The minimum Gasteiger partial charge on any atom is -0.463 e. The number of hydrogen-bond acceptors (Lipinski definition) is 5. The van der Waals surface area contributed by atoms with E-state index >= 15 is 0 Å². The second-order valence-corrected chi connectivity index (χ2v) is 6.67. The molecule has 3 heterocycles. The van der Waals surface area contributed by atoms with Crippen LogP contribution in [0.4, 0.5) is 0 Å². The number of pyridine rings is 1. The first-order valence-electron chi connectivity index (χ1n) is 8.63. The van der Waals surface area contributed by atoms with Crippen molar-refractivity contribution in [3.8, 4) is 11.5 Å². The second kappa shape index (κ2) is 10.7. The van der Waals surface area contributed by atoms with Crippen molar-refractivity contribution in [2.45, 2.75) is 19.8 Å². The molecule has 1 aliphatic rings. The van der Waals surface area contributed by atoms with E-state index in [0.29, 0.717) is 30.2 Å². The number of carbonyl (C=O) groups is 1. The lowest BCUT2D eigenvalue weighted by Gasteiger charge is -2.37. The summed E-state index contributed by atoms with van der Waals surface area (Å²) in [6.07, 6.45) is 3.60. The Bertz CT molecular complexity index is 711. The molecule has 2 N–H and O–H groups in total. The molecule has 0 saturated carbocycles. The molecule has 150 valence electrons. The molecule has 0 unspecified atom stereocenters. The summed E-state index contributed by atoms with van der Waals surface area (Å²) in [5.41, 5.74) is 2.02. The fraction of sp³-hybridized carbons (Fsp3) is 0.474. The van der Waals surface area contributed by atoms with Gasteiger partial charge in [-0.25, -0.2) is 4.98 Å². The van der Waals surface area contributed by atoms with Gasteiger partial charge in [0.25, 0.3) is 5.91 Å². The third-order valence-electron chi connectivity index (χ3n) is 4.84. The zero-order valence-corrected chi connectivity index (χ0v) is 17.3. The van der Waals surface area contributed by atoms with E-state index in [1.165, 1.54) is 0 Å². The molecule has 0 aliphatic carbocycles. The van der Waals surface area contributed by atoms with Crippen molar-refractivity contribution in [1.29, 1.82) is 0 Å². The monoisotopic (exact) mass is 415 g/mol. The minimum absolute atomic E-state index is 0. The minimum atomic E-state index is -0.0926. The van der Waals surface area contributed by atoms with Crippen LogP contribution < -0.4 is 10.6 Å². The fourth-order valence-electron chi connectivity index (χ4n) is 3.36. The number of ether oxygens (including phenoxy) is 1. The normalized spacial score (nSPS) is 15.3. The van der Waals surface area contributed by atoms with Crippen LogP contribution in [0.1, 0.15) is 28.9 Å². The third kappa shape index (κ3) is 5.69. The summed E-state index contributed by atoms with van der Waals surface area (Å²) < 4.78 is 10.8. The van der Waals surface area contributed by atoms with Crippen LogP contribution in [-0.2, 0) is 4.74 Å². The Kier molecular flexibility index (Phi) is 9.26. The van der Waals surface area contributed by atoms with Gasteiger partial charge >= 0.3 is 0 Å². The molecule has 2 aromatic rings. The van der Waals surface area contributed by atoms with Gasteiger partial charge in [-0.2, -0.15) is 0 Å². The highest BCUT2D eigenvalue weighted by Crippen LogP contribution is 2.28. The van der Waals surface area contributed by atoms with Crippen molar-refractivity contribution in [1.82, 2.24) is 15.6 Å². The van der Waals surface area contributed by atoms with Gasteiger partial charge in [-0.3, -0.25) is 4.79 Å². The number of methoxy groups -OCH3 is 1. The molecule has 0 spiro atoms. The lowest BCUT2D eigenvalue weighted by molar-refractivity contribution is 0.0511. The number of nitrogens with zero attached hydrogens (tertiary/aromatic N) is 1. The molecule has 0 atom stereocenters. The summed E-state index contributed by atoms with van der Waals surface area (Å²) in [6, 6.07) is 7.30. The largest absolute Gasteiger partial charge is 0.463 e. The molecular formula is C19H27Cl2N3O3. The van der Waals surface area contributed by atoms with E-state index in [-0.39, 0.29) is 36.1 Å². The first kappa shape index (κ1) is 23.4. The average Bonchev–Trinajstić information content (AvgIpc) is 3.15. The first-order chi connectivity index (χ1) is 12.1. The van der Waals surface area contributed by atoms with Crippen LogP contribution in [-0.4, -0.2) is 44.2 Å². The summed E-state index contributed by atoms with van der Waals surface area (Å²) >= 11 is 0. The van der Waals surface area contributed by atoms with Crippen LogP contribution in [0.2, 0.25) is 0 Å². The van der Waals surface area contributed by atoms with Gasteiger partial charge in [0.05, 0.1) is 24.1 Å². The molecular weight excluding hydrogens is 389 g/mol. The van der Waals surface area contributed by atoms with Crippen molar-refractivity contribution in [3.05, 3.63) is 41.8 Å². The number of piperidine rings is 1. The summed E-state index contributed by atoms with van der Waals surface area (Å²) in [5.74, 6) is 0.605. The van der Waals surface area contributed by atoms with Crippen LogP contribution in [0.15, 0.2) is 34.9 Å². The Hall–Kier alpha value is -1.60. The summed E-state index contributed by atoms with van der Waals surface area (Å²) in [7, 11) is 1.72. The second-order valence-electron chi connectivity index (χ2n) is 6.67. The van der Waals surface area contributed by atoms with Gasteiger partial charge < -0.3 is 19.8 Å². The Morgan fingerprint density at radius 1 is 1.30 bits per heavy atom. The summed E-state index contributed by atoms with van der Waals surface area (Å²) in [6.45, 7) is 5.02. The highest BCUT2D eigenvalue weighted by molar-refractivity contribution is 5.95. The van der Waals surface area contributed by atoms with E-state index in [4.69, 9.17) is 9.15 Å². The molecule has 1 fully saturated rings. The maximum atomic E-state index is 12.6. The predicted molar refractivity (Wildman–Crippen MR) is 110 cm³/mol. The number of nitrogens with one attached hydrogen (secondary N) is 2. The average molecular weight is 416 g/mol. The van der Waals surface area contributed by atoms with Crippen molar-refractivity contribution in [2.75, 3.05) is 33.4 Å². The Morgan fingerprint density at radius 2 is 2.04 bits per heavy atom. The number of aromatic nitrogens is 1. The molecule has 0 aromatic carbocycles. The molecule has 1 aliphatic heterocycles. The Labute approximate surface area is 172 Å². The fourth-order valence-corrected chi connectivity index (χ4v) is 3.36. The number of hydrogen-bond donors (Lipinski definition) is 2. The predicted octanol–water partition coefficient (Wildman–Crippen LogP) is 3.24. The van der Waals surface area contributed by atoms with Crippen LogP contribution in [0, 0.1) is 12.3 Å². The molecule has 1 saturated heterocycles. The van der Waals surface area contributed by atoms with E-state index in [1.54, 1.807) is 19.4 Å². The van der Waals surface area contributed by atoms with Gasteiger partial charge in [-0.15, -0.1) is 24.8 Å². The molecule has 8 heteroatoms. The number of amides is 1. The molecule has 27 heavy (non-hydrogen) atoms. The number of furan rings is 1. The molecule has 3 rings (SSSR count). The maximum Gasteiger partial charge on any atom is 0.253 e. The number of carbonyl (C=O) groups excluding carboxylic acids is 1. The van der Waals surface area contributed by atoms with E-state index in [9.17, 15) is 4.79 Å². The van der Waals surface area contributed by atoms with Gasteiger partial charge in [0.2, 0.25) is 0 Å². The Morgan fingerprint density at radius 3 is 2.63 bits per heavy atom. The standard InChI is InChI=1S/C19H25N3O3.2ClH/c1-14-15(5-6-16(22-14)17-4-3-11-25-17)18(23)21-12-19(13-24-2)7-9-20-10-8-19;;/h3-6,11,20H,7-10,12-13H2,1-2H3,(H,21,23);2*1H. The number of halogens is 2. The first-order valence-corrected chi connectivity index (χ1v) is 8.63. The van der Waals surface area contributed by atoms with Crippen LogP contribution in [0.25, 0.3) is 11.5 Å². The van der Waals surface area contributed by atoms with E-state index < -0.39 is 0 Å². The van der Waals surface area contributed by atoms with Gasteiger partial charge in [0.1, 0.15) is 5.69 Å².